The number of nitro groups is 1. The third-order valence-corrected chi connectivity index (χ3v) is 3.95. The van der Waals surface area contributed by atoms with Crippen molar-refractivity contribution in [2.75, 3.05) is 13.7 Å². The first-order valence-electron chi connectivity index (χ1n) is 6.87. The summed E-state index contributed by atoms with van der Waals surface area (Å²) in [6.45, 7) is 0.249. The van der Waals surface area contributed by atoms with E-state index in [0.717, 1.165) is 6.07 Å². The van der Waals surface area contributed by atoms with Crippen molar-refractivity contribution in [3.63, 3.8) is 0 Å². The largest absolute Gasteiger partial charge is 0.384 e. The molecule has 0 amide bonds. The average Bonchev–Trinajstić information content (AvgIpc) is 2.46. The van der Waals surface area contributed by atoms with E-state index in [9.17, 15) is 24.5 Å². The third kappa shape index (κ3) is 3.62. The minimum Gasteiger partial charge on any atom is -0.384 e. The normalized spacial score (nSPS) is 21.3. The van der Waals surface area contributed by atoms with Crippen molar-refractivity contribution in [3.8, 4) is 0 Å². The van der Waals surface area contributed by atoms with Gasteiger partial charge in [0.15, 0.2) is 17.3 Å². The summed E-state index contributed by atoms with van der Waals surface area (Å²) in [5, 5.41) is 11.2. The van der Waals surface area contributed by atoms with Gasteiger partial charge in [0.05, 0.1) is 10.5 Å². The summed E-state index contributed by atoms with van der Waals surface area (Å²) in [5.41, 5.74) is -0.793. The maximum atomic E-state index is 12.5. The number of hydrogen-bond donors (Lipinski definition) is 0. The lowest BCUT2D eigenvalue weighted by molar-refractivity contribution is -0.385. The summed E-state index contributed by atoms with van der Waals surface area (Å²) < 4.78 is 4.93. The van der Waals surface area contributed by atoms with E-state index in [4.69, 9.17) is 16.3 Å². The zero-order chi connectivity index (χ0) is 17.1. The average molecular weight is 340 g/mol. The number of rotatable bonds is 5. The number of nitro benzene ring substituents is 1. The molecule has 0 N–H and O–H groups in total. The molecular weight excluding hydrogens is 326 g/mol. The van der Waals surface area contributed by atoms with Gasteiger partial charge in [-0.25, -0.2) is 0 Å². The lowest BCUT2D eigenvalue weighted by Crippen LogP contribution is -2.40. The fourth-order valence-corrected chi connectivity index (χ4v) is 2.89. The van der Waals surface area contributed by atoms with Crippen LogP contribution in [0, 0.1) is 22.0 Å². The van der Waals surface area contributed by atoms with Crippen molar-refractivity contribution in [2.24, 2.45) is 11.8 Å². The van der Waals surface area contributed by atoms with Gasteiger partial charge < -0.3 is 4.74 Å². The molecular formula is C15H14ClNO6. The summed E-state index contributed by atoms with van der Waals surface area (Å²) in [7, 11) is 1.46. The number of carbonyl (C=O) groups is 3. The Kier molecular flexibility index (Phi) is 5.23. The first-order valence-corrected chi connectivity index (χ1v) is 7.25. The van der Waals surface area contributed by atoms with Gasteiger partial charge in [-0.3, -0.25) is 24.5 Å². The smallest absolute Gasteiger partial charge is 0.281 e. The molecule has 8 heteroatoms. The van der Waals surface area contributed by atoms with Gasteiger partial charge in [-0.05, 0) is 18.1 Å². The van der Waals surface area contributed by atoms with Crippen molar-refractivity contribution in [3.05, 3.63) is 38.9 Å². The molecule has 0 heterocycles. The Morgan fingerprint density at radius 2 is 1.96 bits per heavy atom. The number of Topliss-reactive ketones (excluding diaryl/α,β-unsaturated/α-hetero) is 3. The molecule has 7 nitrogen and oxygen atoms in total. The number of benzene rings is 1. The van der Waals surface area contributed by atoms with E-state index < -0.39 is 33.9 Å². The van der Waals surface area contributed by atoms with Gasteiger partial charge in [0.2, 0.25) is 0 Å². The summed E-state index contributed by atoms with van der Waals surface area (Å²) >= 11 is 5.70. The van der Waals surface area contributed by atoms with Crippen LogP contribution in [0.15, 0.2) is 18.2 Å². The van der Waals surface area contributed by atoms with Crippen molar-refractivity contribution in [1.29, 1.82) is 0 Å². The summed E-state index contributed by atoms with van der Waals surface area (Å²) in [4.78, 5) is 47.1. The third-order valence-electron chi connectivity index (χ3n) is 3.71. The summed E-state index contributed by atoms with van der Waals surface area (Å²) in [5.74, 6) is -3.65. The Bertz CT molecular complexity index is 669. The molecule has 0 aromatic heterocycles. The van der Waals surface area contributed by atoms with Crippen LogP contribution in [0.25, 0.3) is 0 Å². The van der Waals surface area contributed by atoms with Gasteiger partial charge in [-0.1, -0.05) is 11.6 Å². The molecule has 23 heavy (non-hydrogen) atoms. The van der Waals surface area contributed by atoms with Gasteiger partial charge in [0, 0.05) is 37.6 Å². The maximum absolute atomic E-state index is 12.5. The van der Waals surface area contributed by atoms with Crippen LogP contribution in [-0.4, -0.2) is 36.0 Å². The molecule has 0 radical (unpaired) electrons. The Labute approximate surface area is 136 Å². The summed E-state index contributed by atoms with van der Waals surface area (Å²) in [6.07, 6.45) is 0.0781. The molecule has 0 unspecified atom stereocenters. The second-order valence-electron chi connectivity index (χ2n) is 5.38. The van der Waals surface area contributed by atoms with Gasteiger partial charge in [0.25, 0.3) is 5.69 Å². The molecule has 122 valence electrons. The van der Waals surface area contributed by atoms with Gasteiger partial charge in [-0.15, -0.1) is 0 Å². The standard InChI is InChI=1S/C15H14ClNO6/c1-23-7-8-4-12(18)14(13(19)5-8)15(20)10-3-2-9(16)6-11(10)17(21)22/h2-3,6,8,14H,4-5,7H2,1H3. The number of carbonyl (C=O) groups excluding carboxylic acids is 3. The number of hydrogen-bond acceptors (Lipinski definition) is 6. The zero-order valence-electron chi connectivity index (χ0n) is 12.3. The minimum absolute atomic E-state index is 0.0391. The van der Waals surface area contributed by atoms with Crippen LogP contribution in [0.5, 0.6) is 0 Å². The quantitative estimate of drug-likeness (QED) is 0.352. The van der Waals surface area contributed by atoms with E-state index in [0.29, 0.717) is 0 Å². The zero-order valence-corrected chi connectivity index (χ0v) is 13.0. The fourth-order valence-electron chi connectivity index (χ4n) is 2.72. The number of halogens is 1. The molecule has 0 saturated heterocycles. The van der Waals surface area contributed by atoms with E-state index in [1.807, 2.05) is 0 Å². The second-order valence-corrected chi connectivity index (χ2v) is 5.81. The van der Waals surface area contributed by atoms with Crippen molar-refractivity contribution < 1.29 is 24.0 Å². The highest BCUT2D eigenvalue weighted by Gasteiger charge is 2.42. The molecule has 0 bridgehead atoms. The van der Waals surface area contributed by atoms with E-state index in [1.165, 1.54) is 19.2 Å². The van der Waals surface area contributed by atoms with E-state index in [1.54, 1.807) is 0 Å². The van der Waals surface area contributed by atoms with Gasteiger partial charge in [0.1, 0.15) is 5.92 Å². The molecule has 1 saturated carbocycles. The van der Waals surface area contributed by atoms with Crippen molar-refractivity contribution >= 4 is 34.6 Å². The number of nitrogens with zero attached hydrogens (tertiary/aromatic N) is 1. The van der Waals surface area contributed by atoms with E-state index >= 15 is 0 Å². The maximum Gasteiger partial charge on any atom is 0.281 e. The Morgan fingerprint density at radius 3 is 2.48 bits per heavy atom. The number of methoxy groups -OCH3 is 1. The highest BCUT2D eigenvalue weighted by atomic mass is 35.5. The van der Waals surface area contributed by atoms with Crippen molar-refractivity contribution in [2.45, 2.75) is 12.8 Å². The first kappa shape index (κ1) is 17.2. The van der Waals surface area contributed by atoms with Gasteiger partial charge >= 0.3 is 0 Å². The lowest BCUT2D eigenvalue weighted by Gasteiger charge is -2.24. The molecule has 1 aromatic carbocycles. The highest BCUT2D eigenvalue weighted by Crippen LogP contribution is 2.30. The lowest BCUT2D eigenvalue weighted by atomic mass is 9.76. The molecule has 0 atom stereocenters. The minimum atomic E-state index is -1.48. The SMILES string of the molecule is COCC1CC(=O)C(C(=O)c2ccc(Cl)cc2[N+](=O)[O-])C(=O)C1. The topological polar surface area (TPSA) is 104 Å². The van der Waals surface area contributed by atoms with Crippen LogP contribution < -0.4 is 0 Å². The molecule has 1 aliphatic rings. The Hall–Kier alpha value is -2.12. The Morgan fingerprint density at radius 1 is 1.35 bits per heavy atom. The fraction of sp³-hybridized carbons (Fsp3) is 0.400. The molecule has 2 rings (SSSR count). The van der Waals surface area contributed by atoms with Crippen LogP contribution in [0.1, 0.15) is 23.2 Å². The van der Waals surface area contributed by atoms with E-state index in [-0.39, 0.29) is 36.0 Å². The first-order chi connectivity index (χ1) is 10.8. The van der Waals surface area contributed by atoms with Crippen LogP contribution in [-0.2, 0) is 14.3 Å². The molecule has 1 aliphatic carbocycles. The van der Waals surface area contributed by atoms with Crippen LogP contribution in [0.3, 0.4) is 0 Å². The monoisotopic (exact) mass is 339 g/mol. The van der Waals surface area contributed by atoms with Gasteiger partial charge in [-0.2, -0.15) is 0 Å². The highest BCUT2D eigenvalue weighted by molar-refractivity contribution is 6.31. The number of ketones is 3. The number of ether oxygens (including phenoxy) is 1. The molecule has 0 spiro atoms. The van der Waals surface area contributed by atoms with Crippen LogP contribution >= 0.6 is 11.6 Å². The molecule has 0 aliphatic heterocycles. The predicted octanol–water partition coefficient (Wildman–Crippen LogP) is 2.24. The summed E-state index contributed by atoms with van der Waals surface area (Å²) in [6, 6.07) is 3.51. The Balaban J connectivity index is 2.32. The molecule has 1 fully saturated rings. The van der Waals surface area contributed by atoms with Crippen molar-refractivity contribution in [1.82, 2.24) is 0 Å². The van der Waals surface area contributed by atoms with E-state index in [2.05, 4.69) is 0 Å². The predicted molar refractivity (Wildman–Crippen MR) is 80.5 cm³/mol. The second kappa shape index (κ2) is 6.97. The van der Waals surface area contributed by atoms with Crippen LogP contribution in [0.4, 0.5) is 5.69 Å². The van der Waals surface area contributed by atoms with Crippen LogP contribution in [0.2, 0.25) is 5.02 Å². The molecule has 1 aromatic rings.